The molecule has 0 aliphatic heterocycles. The van der Waals surface area contributed by atoms with E-state index in [4.69, 9.17) is 0 Å². The molecule has 0 saturated carbocycles. The normalized spacial score (nSPS) is 13.8. The summed E-state index contributed by atoms with van der Waals surface area (Å²) in [5.74, 6) is 0. The van der Waals surface area contributed by atoms with Crippen LogP contribution < -0.4 is 0 Å². The molecule has 0 spiro atoms. The standard InChI is InChI=1S/C12H18Si/c1-5-12(13(2,3)4)11-9-7-6-8-10-11/h5-10,12H,1H2,2-4H3. The zero-order valence-corrected chi connectivity index (χ0v) is 9.75. The van der Waals surface area contributed by atoms with Crippen molar-refractivity contribution in [3.05, 3.63) is 48.6 Å². The molecule has 0 heterocycles. The molecular formula is C12H18Si. The topological polar surface area (TPSA) is 0 Å². The van der Waals surface area contributed by atoms with Gasteiger partial charge in [-0.3, -0.25) is 0 Å². The fraction of sp³-hybridized carbons (Fsp3) is 0.333. The number of hydrogen-bond donors (Lipinski definition) is 0. The summed E-state index contributed by atoms with van der Waals surface area (Å²) in [4.78, 5) is 0. The summed E-state index contributed by atoms with van der Waals surface area (Å²) < 4.78 is 0. The van der Waals surface area contributed by atoms with Crippen molar-refractivity contribution in [1.82, 2.24) is 0 Å². The zero-order chi connectivity index (χ0) is 9.90. The van der Waals surface area contributed by atoms with E-state index in [1.165, 1.54) is 5.56 Å². The molecule has 0 aliphatic rings. The fourth-order valence-electron chi connectivity index (χ4n) is 1.65. The summed E-state index contributed by atoms with van der Waals surface area (Å²) >= 11 is 0. The second kappa shape index (κ2) is 3.92. The minimum atomic E-state index is -1.15. The Hall–Kier alpha value is -0.823. The second-order valence-corrected chi connectivity index (χ2v) is 9.84. The van der Waals surface area contributed by atoms with Crippen LogP contribution in [0.3, 0.4) is 0 Å². The van der Waals surface area contributed by atoms with Gasteiger partial charge in [-0.25, -0.2) is 0 Å². The largest absolute Gasteiger partial charge is 0.103 e. The molecule has 70 valence electrons. The summed E-state index contributed by atoms with van der Waals surface area (Å²) in [5.41, 5.74) is 1.99. The Balaban J connectivity index is 2.99. The number of rotatable bonds is 3. The predicted molar refractivity (Wildman–Crippen MR) is 62.7 cm³/mol. The van der Waals surface area contributed by atoms with E-state index in [0.717, 1.165) is 0 Å². The highest BCUT2D eigenvalue weighted by atomic mass is 28.3. The maximum Gasteiger partial charge on any atom is 0.0565 e. The molecule has 0 radical (unpaired) electrons. The molecule has 0 N–H and O–H groups in total. The third-order valence-corrected chi connectivity index (χ3v) is 4.76. The Morgan fingerprint density at radius 1 is 1.15 bits per heavy atom. The summed E-state index contributed by atoms with van der Waals surface area (Å²) in [6, 6.07) is 10.7. The van der Waals surface area contributed by atoms with E-state index in [-0.39, 0.29) is 0 Å². The van der Waals surface area contributed by atoms with Gasteiger partial charge < -0.3 is 0 Å². The molecule has 0 aliphatic carbocycles. The van der Waals surface area contributed by atoms with E-state index >= 15 is 0 Å². The summed E-state index contributed by atoms with van der Waals surface area (Å²) in [6.07, 6.45) is 2.10. The molecule has 0 fully saturated rings. The summed E-state index contributed by atoms with van der Waals surface area (Å²) in [7, 11) is -1.15. The van der Waals surface area contributed by atoms with Crippen molar-refractivity contribution >= 4 is 8.07 Å². The first-order chi connectivity index (χ1) is 6.05. The van der Waals surface area contributed by atoms with Crippen LogP contribution in [0.4, 0.5) is 0 Å². The van der Waals surface area contributed by atoms with Gasteiger partial charge in [0.1, 0.15) is 0 Å². The number of hydrogen-bond acceptors (Lipinski definition) is 0. The van der Waals surface area contributed by atoms with Gasteiger partial charge in [0.15, 0.2) is 0 Å². The SMILES string of the molecule is C=CC(c1ccccc1)[Si](C)(C)C. The Kier molecular flexibility index (Phi) is 3.10. The molecule has 1 aromatic carbocycles. The molecule has 1 atom stereocenters. The summed E-state index contributed by atoms with van der Waals surface area (Å²) in [5, 5.41) is 0. The smallest absolute Gasteiger partial charge is 0.0565 e. The minimum Gasteiger partial charge on any atom is -0.103 e. The quantitative estimate of drug-likeness (QED) is 0.502. The molecule has 0 aromatic heterocycles. The van der Waals surface area contributed by atoms with Gasteiger partial charge in [-0.2, -0.15) is 0 Å². The van der Waals surface area contributed by atoms with Gasteiger partial charge >= 0.3 is 0 Å². The van der Waals surface area contributed by atoms with Crippen molar-refractivity contribution in [2.45, 2.75) is 25.2 Å². The first-order valence-electron chi connectivity index (χ1n) is 4.73. The van der Waals surface area contributed by atoms with Crippen LogP contribution in [-0.4, -0.2) is 8.07 Å². The number of benzene rings is 1. The number of allylic oxidation sites excluding steroid dienone is 1. The van der Waals surface area contributed by atoms with E-state index in [0.29, 0.717) is 5.54 Å². The van der Waals surface area contributed by atoms with Crippen molar-refractivity contribution < 1.29 is 0 Å². The van der Waals surface area contributed by atoms with Crippen LogP contribution in [0.25, 0.3) is 0 Å². The fourth-order valence-corrected chi connectivity index (χ4v) is 3.55. The lowest BCUT2D eigenvalue weighted by molar-refractivity contribution is 1.14. The van der Waals surface area contributed by atoms with Gasteiger partial charge in [0.2, 0.25) is 0 Å². The molecular weight excluding hydrogens is 172 g/mol. The van der Waals surface area contributed by atoms with Crippen molar-refractivity contribution in [1.29, 1.82) is 0 Å². The zero-order valence-electron chi connectivity index (χ0n) is 8.75. The molecule has 0 saturated heterocycles. The maximum absolute atomic E-state index is 3.94. The predicted octanol–water partition coefficient (Wildman–Crippen LogP) is 3.83. The van der Waals surface area contributed by atoms with Crippen molar-refractivity contribution in [2.75, 3.05) is 0 Å². The van der Waals surface area contributed by atoms with E-state index in [2.05, 4.69) is 62.6 Å². The highest BCUT2D eigenvalue weighted by molar-refractivity contribution is 6.77. The van der Waals surface area contributed by atoms with Crippen LogP contribution >= 0.6 is 0 Å². The average Bonchev–Trinajstić information content (AvgIpc) is 2.05. The van der Waals surface area contributed by atoms with Crippen molar-refractivity contribution in [3.8, 4) is 0 Å². The van der Waals surface area contributed by atoms with Gasteiger partial charge in [0.25, 0.3) is 0 Å². The molecule has 0 amide bonds. The molecule has 0 nitrogen and oxygen atoms in total. The molecule has 13 heavy (non-hydrogen) atoms. The van der Waals surface area contributed by atoms with E-state index < -0.39 is 8.07 Å². The first kappa shape index (κ1) is 10.3. The maximum atomic E-state index is 3.94. The lowest BCUT2D eigenvalue weighted by Gasteiger charge is -2.26. The Bertz CT molecular complexity index is 269. The Morgan fingerprint density at radius 3 is 2.08 bits per heavy atom. The third-order valence-electron chi connectivity index (χ3n) is 2.33. The van der Waals surface area contributed by atoms with Crippen LogP contribution in [0.5, 0.6) is 0 Å². The van der Waals surface area contributed by atoms with Gasteiger partial charge in [0, 0.05) is 0 Å². The van der Waals surface area contributed by atoms with Gasteiger partial charge in [-0.1, -0.05) is 56.0 Å². The van der Waals surface area contributed by atoms with Crippen LogP contribution in [0.1, 0.15) is 11.1 Å². The summed E-state index contributed by atoms with van der Waals surface area (Å²) in [6.45, 7) is 11.1. The lowest BCUT2D eigenvalue weighted by atomic mass is 10.1. The van der Waals surface area contributed by atoms with Crippen LogP contribution in [0.2, 0.25) is 19.6 Å². The van der Waals surface area contributed by atoms with E-state index in [1.54, 1.807) is 0 Å². The third kappa shape index (κ3) is 2.56. The molecule has 1 rings (SSSR count). The van der Waals surface area contributed by atoms with Crippen molar-refractivity contribution in [3.63, 3.8) is 0 Å². The first-order valence-corrected chi connectivity index (χ1v) is 8.31. The van der Waals surface area contributed by atoms with Crippen LogP contribution in [0, 0.1) is 0 Å². The molecule has 0 bridgehead atoms. The minimum absolute atomic E-state index is 0.578. The highest BCUT2D eigenvalue weighted by Gasteiger charge is 2.24. The molecule has 1 heteroatoms. The van der Waals surface area contributed by atoms with E-state index in [9.17, 15) is 0 Å². The average molecular weight is 190 g/mol. The Labute approximate surface area is 82.3 Å². The highest BCUT2D eigenvalue weighted by Crippen LogP contribution is 2.27. The van der Waals surface area contributed by atoms with Crippen molar-refractivity contribution in [2.24, 2.45) is 0 Å². The van der Waals surface area contributed by atoms with Crippen LogP contribution in [-0.2, 0) is 0 Å². The van der Waals surface area contributed by atoms with Gasteiger partial charge in [-0.05, 0) is 11.1 Å². The molecule has 1 unspecified atom stereocenters. The Morgan fingerprint density at radius 2 is 1.69 bits per heavy atom. The van der Waals surface area contributed by atoms with E-state index in [1.807, 2.05) is 0 Å². The monoisotopic (exact) mass is 190 g/mol. The van der Waals surface area contributed by atoms with Gasteiger partial charge in [-0.15, -0.1) is 6.58 Å². The second-order valence-electron chi connectivity index (χ2n) is 4.49. The van der Waals surface area contributed by atoms with Crippen LogP contribution in [0.15, 0.2) is 43.0 Å². The lowest BCUT2D eigenvalue weighted by Crippen LogP contribution is -2.29. The molecule has 1 aromatic rings. The van der Waals surface area contributed by atoms with Gasteiger partial charge in [0.05, 0.1) is 8.07 Å².